The summed E-state index contributed by atoms with van der Waals surface area (Å²) in [7, 11) is 0. The molecule has 0 N–H and O–H groups in total. The highest BCUT2D eigenvalue weighted by atomic mass is 16.6. The van der Waals surface area contributed by atoms with Crippen molar-refractivity contribution in [2.75, 3.05) is 13.2 Å². The molecule has 256 valence electrons. The van der Waals surface area contributed by atoms with E-state index < -0.39 is 12.1 Å². The minimum absolute atomic E-state index is 0.126. The number of carbonyl (C=O) groups excluding carboxylic acids is 3. The Kier molecular flexibility index (Phi) is 31.8. The van der Waals surface area contributed by atoms with E-state index in [9.17, 15) is 14.4 Å². The van der Waals surface area contributed by atoms with Crippen molar-refractivity contribution in [3.63, 3.8) is 0 Å². The zero-order chi connectivity index (χ0) is 33.1. The van der Waals surface area contributed by atoms with Crippen LogP contribution in [0.15, 0.2) is 60.8 Å². The lowest BCUT2D eigenvalue weighted by Crippen LogP contribution is -2.30. The number of rotatable bonds is 30. The SMILES string of the molecule is CCCCCCCCC/C=C/C=C/C=C/C=C/C=C/C(=O)OCC(COC(=O)CCCCCCC)OC(=O)CCCCCCC. The maximum atomic E-state index is 12.4. The fourth-order valence-electron chi connectivity index (χ4n) is 4.50. The number of unbranched alkanes of at least 4 members (excludes halogenated alkanes) is 15. The molecule has 0 amide bonds. The normalized spacial score (nSPS) is 12.7. The molecule has 0 bridgehead atoms. The minimum atomic E-state index is -0.829. The van der Waals surface area contributed by atoms with Crippen molar-refractivity contribution in [1.29, 1.82) is 0 Å². The van der Waals surface area contributed by atoms with Crippen LogP contribution >= 0.6 is 0 Å². The quantitative estimate of drug-likeness (QED) is 0.0259. The van der Waals surface area contributed by atoms with Crippen LogP contribution < -0.4 is 0 Å². The summed E-state index contributed by atoms with van der Waals surface area (Å²) in [4.78, 5) is 36.7. The molecule has 1 atom stereocenters. The van der Waals surface area contributed by atoms with Gasteiger partial charge in [0, 0.05) is 18.9 Å². The summed E-state index contributed by atoms with van der Waals surface area (Å²) in [6.07, 6.45) is 39.0. The monoisotopic (exact) mass is 628 g/mol. The van der Waals surface area contributed by atoms with E-state index >= 15 is 0 Å². The Labute approximate surface area is 275 Å². The molecule has 0 aliphatic heterocycles. The molecule has 0 saturated heterocycles. The topological polar surface area (TPSA) is 78.9 Å². The van der Waals surface area contributed by atoms with Crippen molar-refractivity contribution in [2.24, 2.45) is 0 Å². The van der Waals surface area contributed by atoms with Gasteiger partial charge in [-0.1, -0.05) is 165 Å². The number of ether oxygens (including phenoxy) is 3. The molecule has 45 heavy (non-hydrogen) atoms. The van der Waals surface area contributed by atoms with Crippen LogP contribution in [-0.4, -0.2) is 37.2 Å². The van der Waals surface area contributed by atoms with Gasteiger partial charge < -0.3 is 14.2 Å². The van der Waals surface area contributed by atoms with Crippen LogP contribution in [0.25, 0.3) is 0 Å². The van der Waals surface area contributed by atoms with Crippen molar-refractivity contribution in [1.82, 2.24) is 0 Å². The number of esters is 3. The van der Waals surface area contributed by atoms with Gasteiger partial charge in [-0.15, -0.1) is 0 Å². The van der Waals surface area contributed by atoms with E-state index in [1.54, 1.807) is 12.2 Å². The standard InChI is InChI=1S/C39H64O6/c1-4-7-10-13-14-15-16-17-18-19-20-21-22-23-24-27-29-32-38(41)44-35-36(45-39(42)33-30-26-12-9-6-3)34-43-37(40)31-28-25-11-8-5-2/h18-24,27,29,32,36H,4-17,25-26,28,30-31,33-35H2,1-3H3/b19-18+,21-20+,23-22+,27-24+,32-29+. The molecule has 0 aromatic carbocycles. The summed E-state index contributed by atoms with van der Waals surface area (Å²) in [5.74, 6) is -1.26. The van der Waals surface area contributed by atoms with Gasteiger partial charge in [0.05, 0.1) is 0 Å². The highest BCUT2D eigenvalue weighted by Gasteiger charge is 2.19. The molecule has 0 aromatic rings. The van der Waals surface area contributed by atoms with Crippen LogP contribution in [0.1, 0.15) is 149 Å². The van der Waals surface area contributed by atoms with Gasteiger partial charge in [-0.05, 0) is 25.7 Å². The molecule has 0 spiro atoms. The predicted octanol–water partition coefficient (Wildman–Crippen LogP) is 10.6. The van der Waals surface area contributed by atoms with Crippen LogP contribution in [-0.2, 0) is 28.6 Å². The summed E-state index contributed by atoms with van der Waals surface area (Å²) in [6, 6.07) is 0. The first kappa shape index (κ1) is 42.1. The van der Waals surface area contributed by atoms with E-state index in [1.165, 1.54) is 51.0 Å². The number of allylic oxidation sites excluding steroid dienone is 9. The predicted molar refractivity (Wildman–Crippen MR) is 187 cm³/mol. The van der Waals surface area contributed by atoms with Crippen LogP contribution in [0.2, 0.25) is 0 Å². The van der Waals surface area contributed by atoms with E-state index in [0.29, 0.717) is 12.8 Å². The lowest BCUT2D eigenvalue weighted by Gasteiger charge is -2.18. The van der Waals surface area contributed by atoms with Gasteiger partial charge in [-0.3, -0.25) is 9.59 Å². The third-order valence-corrected chi connectivity index (χ3v) is 7.23. The van der Waals surface area contributed by atoms with Gasteiger partial charge in [0.25, 0.3) is 0 Å². The van der Waals surface area contributed by atoms with Gasteiger partial charge in [-0.2, -0.15) is 0 Å². The Morgan fingerprint density at radius 1 is 0.489 bits per heavy atom. The maximum Gasteiger partial charge on any atom is 0.330 e. The van der Waals surface area contributed by atoms with Crippen molar-refractivity contribution in [3.8, 4) is 0 Å². The van der Waals surface area contributed by atoms with Gasteiger partial charge in [0.2, 0.25) is 0 Å². The lowest BCUT2D eigenvalue weighted by atomic mass is 10.1. The van der Waals surface area contributed by atoms with Crippen molar-refractivity contribution < 1.29 is 28.6 Å². The maximum absolute atomic E-state index is 12.4. The third kappa shape index (κ3) is 32.3. The molecule has 0 heterocycles. The Morgan fingerprint density at radius 2 is 0.933 bits per heavy atom. The summed E-state index contributed by atoms with van der Waals surface area (Å²) < 4.78 is 16.1. The molecular weight excluding hydrogens is 564 g/mol. The number of hydrogen-bond acceptors (Lipinski definition) is 6. The van der Waals surface area contributed by atoms with E-state index in [-0.39, 0.29) is 25.2 Å². The molecule has 0 aliphatic rings. The Hall–Kier alpha value is -2.89. The molecule has 0 aliphatic carbocycles. The zero-order valence-corrected chi connectivity index (χ0v) is 28.9. The molecule has 0 aromatic heterocycles. The van der Waals surface area contributed by atoms with E-state index in [4.69, 9.17) is 14.2 Å². The first-order valence-corrected chi connectivity index (χ1v) is 17.9. The van der Waals surface area contributed by atoms with Crippen molar-refractivity contribution in [3.05, 3.63) is 60.8 Å². The second-order valence-corrected chi connectivity index (χ2v) is 11.6. The van der Waals surface area contributed by atoms with Gasteiger partial charge in [0.15, 0.2) is 6.10 Å². The molecule has 6 nitrogen and oxygen atoms in total. The Bertz CT molecular complexity index is 867. The van der Waals surface area contributed by atoms with E-state index in [2.05, 4.69) is 32.9 Å². The lowest BCUT2D eigenvalue weighted by molar-refractivity contribution is -0.165. The van der Waals surface area contributed by atoms with Crippen LogP contribution in [0.3, 0.4) is 0 Å². The molecule has 0 saturated carbocycles. The second kappa shape index (κ2) is 34.0. The van der Waals surface area contributed by atoms with Gasteiger partial charge in [-0.25, -0.2) is 4.79 Å². The van der Waals surface area contributed by atoms with Crippen LogP contribution in [0, 0.1) is 0 Å². The summed E-state index contributed by atoms with van der Waals surface area (Å²) >= 11 is 0. The van der Waals surface area contributed by atoms with Crippen molar-refractivity contribution in [2.45, 2.75) is 155 Å². The third-order valence-electron chi connectivity index (χ3n) is 7.23. The Balaban J connectivity index is 4.45. The largest absolute Gasteiger partial charge is 0.462 e. The minimum Gasteiger partial charge on any atom is -0.462 e. The molecule has 0 fully saturated rings. The molecule has 0 radical (unpaired) electrons. The van der Waals surface area contributed by atoms with E-state index in [1.807, 2.05) is 30.4 Å². The fourth-order valence-corrected chi connectivity index (χ4v) is 4.50. The smallest absolute Gasteiger partial charge is 0.330 e. The fraction of sp³-hybridized carbons (Fsp3) is 0.667. The van der Waals surface area contributed by atoms with Crippen LogP contribution in [0.4, 0.5) is 0 Å². The summed E-state index contributed by atoms with van der Waals surface area (Å²) in [6.45, 7) is 6.24. The van der Waals surface area contributed by atoms with E-state index in [0.717, 1.165) is 70.6 Å². The molecule has 6 heteroatoms. The number of carbonyl (C=O) groups is 3. The molecular formula is C39H64O6. The molecule has 1 unspecified atom stereocenters. The highest BCUT2D eigenvalue weighted by molar-refractivity contribution is 5.82. The average molecular weight is 629 g/mol. The first-order valence-electron chi connectivity index (χ1n) is 17.9. The zero-order valence-electron chi connectivity index (χ0n) is 28.9. The second-order valence-electron chi connectivity index (χ2n) is 11.6. The van der Waals surface area contributed by atoms with Gasteiger partial charge >= 0.3 is 17.9 Å². The average Bonchev–Trinajstić information content (AvgIpc) is 3.03. The van der Waals surface area contributed by atoms with Gasteiger partial charge in [0.1, 0.15) is 13.2 Å². The van der Waals surface area contributed by atoms with Crippen molar-refractivity contribution >= 4 is 17.9 Å². The van der Waals surface area contributed by atoms with Crippen LogP contribution in [0.5, 0.6) is 0 Å². The number of hydrogen-bond donors (Lipinski definition) is 0. The first-order chi connectivity index (χ1) is 22.0. The summed E-state index contributed by atoms with van der Waals surface area (Å²) in [5.41, 5.74) is 0. The Morgan fingerprint density at radius 3 is 1.51 bits per heavy atom. The summed E-state index contributed by atoms with van der Waals surface area (Å²) in [5, 5.41) is 0. The molecule has 0 rings (SSSR count). The highest BCUT2D eigenvalue weighted by Crippen LogP contribution is 2.10.